The highest BCUT2D eigenvalue weighted by Crippen LogP contribution is 2.26. The highest BCUT2D eigenvalue weighted by atomic mass is 79.9. The molecule has 1 aromatic heterocycles. The number of aromatic nitrogens is 1. The number of carbonyl (C=O) groups excluding carboxylic acids is 1. The van der Waals surface area contributed by atoms with E-state index in [9.17, 15) is 4.79 Å². The van der Waals surface area contributed by atoms with E-state index in [0.29, 0.717) is 10.7 Å². The number of thiazole rings is 1. The van der Waals surface area contributed by atoms with Crippen LogP contribution in [0.5, 0.6) is 5.75 Å². The number of rotatable bonds is 5. The lowest BCUT2D eigenvalue weighted by Gasteiger charge is -2.09. The highest BCUT2D eigenvalue weighted by Gasteiger charge is 2.10. The van der Waals surface area contributed by atoms with Gasteiger partial charge >= 0.3 is 0 Å². The quantitative estimate of drug-likeness (QED) is 0.587. The molecule has 3 rings (SSSR count). The largest absolute Gasteiger partial charge is 0.491 e. The zero-order valence-electron chi connectivity index (χ0n) is 13.8. The molecule has 2 aromatic carbocycles. The lowest BCUT2D eigenvalue weighted by Crippen LogP contribution is -2.12. The summed E-state index contributed by atoms with van der Waals surface area (Å²) in [4.78, 5) is 16.8. The fourth-order valence-electron chi connectivity index (χ4n) is 2.21. The number of amides is 1. The number of nitrogens with one attached hydrogen (secondary N) is 1. The molecule has 4 nitrogen and oxygen atoms in total. The predicted octanol–water partition coefficient (Wildman–Crippen LogP) is 5.61. The summed E-state index contributed by atoms with van der Waals surface area (Å²) in [6.07, 6.45) is 0.104. The second-order valence-corrected chi connectivity index (χ2v) is 7.46. The van der Waals surface area contributed by atoms with Crippen molar-refractivity contribution >= 4 is 38.3 Å². The highest BCUT2D eigenvalue weighted by molar-refractivity contribution is 9.10. The van der Waals surface area contributed by atoms with Crippen molar-refractivity contribution in [3.8, 4) is 17.0 Å². The van der Waals surface area contributed by atoms with E-state index in [4.69, 9.17) is 4.74 Å². The number of hydrogen-bond acceptors (Lipinski definition) is 4. The fraction of sp³-hybridized carbons (Fsp3) is 0.158. The molecule has 1 amide bonds. The molecule has 6 heteroatoms. The van der Waals surface area contributed by atoms with Crippen molar-refractivity contribution in [1.29, 1.82) is 0 Å². The van der Waals surface area contributed by atoms with E-state index >= 15 is 0 Å². The van der Waals surface area contributed by atoms with Gasteiger partial charge < -0.3 is 4.74 Å². The third kappa shape index (κ3) is 4.67. The van der Waals surface area contributed by atoms with Gasteiger partial charge in [0.25, 0.3) is 5.91 Å². The Balaban J connectivity index is 1.68. The standard InChI is InChI=1S/C19H17BrN2O2S/c1-12(2)24-16-9-5-14(6-10-16)18(23)22-19-21-17(11-25-19)13-3-7-15(20)8-4-13/h3-12H,1-2H3,(H,21,22,23). The Morgan fingerprint density at radius 3 is 2.44 bits per heavy atom. The normalized spacial score (nSPS) is 10.7. The summed E-state index contributed by atoms with van der Waals surface area (Å²) < 4.78 is 6.60. The smallest absolute Gasteiger partial charge is 0.257 e. The molecule has 25 heavy (non-hydrogen) atoms. The molecule has 0 unspecified atom stereocenters. The lowest BCUT2D eigenvalue weighted by molar-refractivity contribution is 0.102. The van der Waals surface area contributed by atoms with Crippen molar-refractivity contribution in [3.05, 3.63) is 63.9 Å². The summed E-state index contributed by atoms with van der Waals surface area (Å²) in [5.74, 6) is 0.561. The number of nitrogens with zero attached hydrogens (tertiary/aromatic N) is 1. The van der Waals surface area contributed by atoms with Gasteiger partial charge in [0.1, 0.15) is 5.75 Å². The molecule has 0 aliphatic carbocycles. The van der Waals surface area contributed by atoms with Gasteiger partial charge in [0.2, 0.25) is 0 Å². The summed E-state index contributed by atoms with van der Waals surface area (Å²) in [5.41, 5.74) is 2.42. The van der Waals surface area contributed by atoms with Crippen molar-refractivity contribution in [2.75, 3.05) is 5.32 Å². The number of hydrogen-bond donors (Lipinski definition) is 1. The summed E-state index contributed by atoms with van der Waals surface area (Å²) in [6, 6.07) is 15.0. The molecule has 0 radical (unpaired) electrons. The first kappa shape index (κ1) is 17.6. The van der Waals surface area contributed by atoms with E-state index < -0.39 is 0 Å². The molecule has 0 saturated carbocycles. The van der Waals surface area contributed by atoms with E-state index in [1.54, 1.807) is 24.3 Å². The van der Waals surface area contributed by atoms with Gasteiger partial charge in [-0.05, 0) is 50.2 Å². The number of benzene rings is 2. The second-order valence-electron chi connectivity index (χ2n) is 5.69. The van der Waals surface area contributed by atoms with Crippen LogP contribution in [0.1, 0.15) is 24.2 Å². The summed E-state index contributed by atoms with van der Waals surface area (Å²) in [6.45, 7) is 3.93. The van der Waals surface area contributed by atoms with Crippen molar-refractivity contribution in [3.63, 3.8) is 0 Å². The Labute approximate surface area is 159 Å². The van der Waals surface area contributed by atoms with E-state index in [1.165, 1.54) is 11.3 Å². The zero-order valence-corrected chi connectivity index (χ0v) is 16.2. The maximum atomic E-state index is 12.3. The molecule has 0 atom stereocenters. The average molecular weight is 417 g/mol. The van der Waals surface area contributed by atoms with Crippen molar-refractivity contribution in [2.45, 2.75) is 20.0 Å². The number of carbonyl (C=O) groups is 1. The Kier molecular flexibility index (Phi) is 5.50. The molecule has 1 heterocycles. The molecule has 1 N–H and O–H groups in total. The fourth-order valence-corrected chi connectivity index (χ4v) is 3.19. The van der Waals surface area contributed by atoms with Gasteiger partial charge in [-0.1, -0.05) is 28.1 Å². The molecule has 0 fully saturated rings. The van der Waals surface area contributed by atoms with Gasteiger partial charge in [-0.25, -0.2) is 4.98 Å². The minimum atomic E-state index is -0.187. The Hall–Kier alpha value is -2.18. The minimum Gasteiger partial charge on any atom is -0.491 e. The Bertz CT molecular complexity index is 858. The molecule has 128 valence electrons. The Morgan fingerprint density at radius 2 is 1.80 bits per heavy atom. The topological polar surface area (TPSA) is 51.2 Å². The van der Waals surface area contributed by atoms with Gasteiger partial charge in [0, 0.05) is 21.0 Å². The third-order valence-corrected chi connectivity index (χ3v) is 4.64. The molecular weight excluding hydrogens is 400 g/mol. The van der Waals surface area contributed by atoms with Crippen LogP contribution in [0.15, 0.2) is 58.4 Å². The molecule has 0 bridgehead atoms. The van der Waals surface area contributed by atoms with Crippen LogP contribution in [0.3, 0.4) is 0 Å². The van der Waals surface area contributed by atoms with Crippen LogP contribution in [0.2, 0.25) is 0 Å². The van der Waals surface area contributed by atoms with Gasteiger partial charge in [0.15, 0.2) is 5.13 Å². The number of halogens is 1. The maximum absolute atomic E-state index is 12.3. The molecule has 0 saturated heterocycles. The number of anilines is 1. The lowest BCUT2D eigenvalue weighted by atomic mass is 10.2. The summed E-state index contributed by atoms with van der Waals surface area (Å²) in [7, 11) is 0. The van der Waals surface area contributed by atoms with E-state index in [1.807, 2.05) is 43.5 Å². The summed E-state index contributed by atoms with van der Waals surface area (Å²) in [5, 5.41) is 5.34. The van der Waals surface area contributed by atoms with Gasteiger partial charge in [-0.15, -0.1) is 11.3 Å². The van der Waals surface area contributed by atoms with E-state index in [2.05, 4.69) is 26.2 Å². The second kappa shape index (κ2) is 7.80. The van der Waals surface area contributed by atoms with E-state index in [0.717, 1.165) is 21.5 Å². The third-order valence-electron chi connectivity index (χ3n) is 3.35. The van der Waals surface area contributed by atoms with Crippen molar-refractivity contribution < 1.29 is 9.53 Å². The van der Waals surface area contributed by atoms with Crippen LogP contribution >= 0.6 is 27.3 Å². The molecule has 0 aliphatic rings. The summed E-state index contributed by atoms with van der Waals surface area (Å²) >= 11 is 4.82. The van der Waals surface area contributed by atoms with Crippen LogP contribution in [0.4, 0.5) is 5.13 Å². The first-order valence-electron chi connectivity index (χ1n) is 7.81. The predicted molar refractivity (Wildman–Crippen MR) is 105 cm³/mol. The van der Waals surface area contributed by atoms with Crippen LogP contribution in [-0.2, 0) is 0 Å². The monoisotopic (exact) mass is 416 g/mol. The van der Waals surface area contributed by atoms with Crippen molar-refractivity contribution in [1.82, 2.24) is 4.98 Å². The molecular formula is C19H17BrN2O2S. The van der Waals surface area contributed by atoms with Crippen molar-refractivity contribution in [2.24, 2.45) is 0 Å². The van der Waals surface area contributed by atoms with Crippen LogP contribution < -0.4 is 10.1 Å². The van der Waals surface area contributed by atoms with Gasteiger partial charge in [-0.2, -0.15) is 0 Å². The van der Waals surface area contributed by atoms with Gasteiger partial charge in [0.05, 0.1) is 11.8 Å². The minimum absolute atomic E-state index is 0.104. The zero-order chi connectivity index (χ0) is 17.8. The molecule has 3 aromatic rings. The van der Waals surface area contributed by atoms with Crippen LogP contribution in [0, 0.1) is 0 Å². The van der Waals surface area contributed by atoms with Gasteiger partial charge in [-0.3, -0.25) is 10.1 Å². The van der Waals surface area contributed by atoms with Crippen LogP contribution in [0.25, 0.3) is 11.3 Å². The average Bonchev–Trinajstić information content (AvgIpc) is 3.04. The number of ether oxygens (including phenoxy) is 1. The van der Waals surface area contributed by atoms with Crippen LogP contribution in [-0.4, -0.2) is 17.0 Å². The first-order chi connectivity index (χ1) is 12.0. The van der Waals surface area contributed by atoms with E-state index in [-0.39, 0.29) is 12.0 Å². The Morgan fingerprint density at radius 1 is 1.12 bits per heavy atom. The molecule has 0 spiro atoms. The molecule has 0 aliphatic heterocycles. The first-order valence-corrected chi connectivity index (χ1v) is 9.48. The maximum Gasteiger partial charge on any atom is 0.257 e. The SMILES string of the molecule is CC(C)Oc1ccc(C(=O)Nc2nc(-c3ccc(Br)cc3)cs2)cc1.